The van der Waals surface area contributed by atoms with Crippen LogP contribution >= 0.6 is 0 Å². The van der Waals surface area contributed by atoms with Crippen molar-refractivity contribution in [1.29, 1.82) is 0 Å². The number of aliphatic carboxylic acids is 1. The fourth-order valence-electron chi connectivity index (χ4n) is 1.91. The molecule has 0 spiro atoms. The predicted octanol–water partition coefficient (Wildman–Crippen LogP) is 6.81. The van der Waals surface area contributed by atoms with Crippen molar-refractivity contribution in [1.82, 2.24) is 0 Å². The first-order valence-electron chi connectivity index (χ1n) is 7.69. The molecule has 19 heteroatoms. The summed E-state index contributed by atoms with van der Waals surface area (Å²) in [6, 6.07) is 0. The van der Waals surface area contributed by atoms with Crippen molar-refractivity contribution in [2.45, 2.75) is 67.4 Å². The fourth-order valence-corrected chi connectivity index (χ4v) is 1.91. The van der Waals surface area contributed by atoms with E-state index < -0.39 is 72.0 Å². The molecule has 0 aromatic heterocycles. The smallest absolute Gasteiger partial charge is 0.460 e. The van der Waals surface area contributed by atoms with Crippen LogP contribution in [-0.4, -0.2) is 58.7 Å². The molecule has 196 valence electrons. The molecule has 0 saturated heterocycles. The van der Waals surface area contributed by atoms with Gasteiger partial charge in [-0.2, -0.15) is 74.6 Å². The van der Waals surface area contributed by atoms with Crippen LogP contribution in [0.3, 0.4) is 0 Å². The third-order valence-electron chi connectivity index (χ3n) is 4.03. The van der Waals surface area contributed by atoms with Crippen LogP contribution in [-0.2, 0) is 4.79 Å². The molecule has 0 fully saturated rings. The molecule has 0 amide bonds. The van der Waals surface area contributed by atoms with Gasteiger partial charge in [0.25, 0.3) is 0 Å². The SMILES string of the molecule is C/C(=C\CCC(F)(F)C(F)(F)C(F)(F)C(F)(F)C(F)(F)C(F)(F)C(F)(F)C(F)(F)F)C(=O)O. The van der Waals surface area contributed by atoms with E-state index in [1.54, 1.807) is 0 Å². The number of carboxylic acids is 1. The van der Waals surface area contributed by atoms with Gasteiger partial charge < -0.3 is 5.11 Å². The number of halogens is 17. The Bertz CT molecular complexity index is 762. The van der Waals surface area contributed by atoms with E-state index in [0.29, 0.717) is 6.92 Å². The van der Waals surface area contributed by atoms with E-state index in [-0.39, 0.29) is 6.08 Å². The quantitative estimate of drug-likeness (QED) is 0.248. The number of alkyl halides is 17. The van der Waals surface area contributed by atoms with Crippen molar-refractivity contribution in [2.24, 2.45) is 0 Å². The van der Waals surface area contributed by atoms with Crippen molar-refractivity contribution in [3.63, 3.8) is 0 Å². The lowest BCUT2D eigenvalue weighted by Gasteiger charge is -2.42. The first-order chi connectivity index (χ1) is 14.1. The molecule has 0 radical (unpaired) electrons. The third-order valence-corrected chi connectivity index (χ3v) is 4.03. The fraction of sp³-hybridized carbons (Fsp3) is 0.786. The van der Waals surface area contributed by atoms with Crippen LogP contribution < -0.4 is 0 Å². The highest BCUT2D eigenvalue weighted by molar-refractivity contribution is 5.85. The van der Waals surface area contributed by atoms with Crippen LogP contribution in [0.15, 0.2) is 11.6 Å². The van der Waals surface area contributed by atoms with Gasteiger partial charge in [0.15, 0.2) is 0 Å². The maximum Gasteiger partial charge on any atom is 0.460 e. The van der Waals surface area contributed by atoms with Gasteiger partial charge in [-0.1, -0.05) is 6.08 Å². The molecular weight excluding hydrogens is 523 g/mol. The number of rotatable bonds is 10. The molecule has 0 unspecified atom stereocenters. The summed E-state index contributed by atoms with van der Waals surface area (Å²) in [6.07, 6.45) is -12.0. The summed E-state index contributed by atoms with van der Waals surface area (Å²) < 4.78 is 221. The first kappa shape index (κ1) is 31.0. The molecular formula is C14H9F17O2. The standard InChI is InChI=1S/C14H9F17O2/c1-5(6(32)33)3-2-4-7(15,16)8(17,18)9(19,20)10(21,22)11(23,24)12(25,26)13(27,28)14(29,30)31/h3H,2,4H2,1H3,(H,32,33)/b5-3+. The summed E-state index contributed by atoms with van der Waals surface area (Å²) in [5, 5.41) is 8.38. The molecule has 0 aliphatic heterocycles. The Balaban J connectivity index is 6.47. The van der Waals surface area contributed by atoms with Gasteiger partial charge in [0.1, 0.15) is 0 Å². The molecule has 33 heavy (non-hydrogen) atoms. The van der Waals surface area contributed by atoms with Crippen LogP contribution in [0.1, 0.15) is 19.8 Å². The van der Waals surface area contributed by atoms with Gasteiger partial charge in [-0.15, -0.1) is 0 Å². The van der Waals surface area contributed by atoms with E-state index >= 15 is 0 Å². The Labute approximate surface area is 171 Å². The zero-order valence-electron chi connectivity index (χ0n) is 15.3. The molecule has 0 aromatic rings. The number of carboxylic acid groups (broad SMARTS) is 1. The topological polar surface area (TPSA) is 37.3 Å². The second-order valence-corrected chi connectivity index (χ2v) is 6.38. The zero-order chi connectivity index (χ0) is 27.3. The lowest BCUT2D eigenvalue weighted by Crippen LogP contribution is -2.74. The van der Waals surface area contributed by atoms with Gasteiger partial charge in [0.2, 0.25) is 0 Å². The lowest BCUT2D eigenvalue weighted by molar-refractivity contribution is -0.461. The van der Waals surface area contributed by atoms with E-state index in [0.717, 1.165) is 0 Å². The Morgan fingerprint density at radius 1 is 0.606 bits per heavy atom. The van der Waals surface area contributed by atoms with Crippen molar-refractivity contribution in [3.05, 3.63) is 11.6 Å². The maximum atomic E-state index is 13.5. The monoisotopic (exact) mass is 532 g/mol. The van der Waals surface area contributed by atoms with Crippen molar-refractivity contribution >= 4 is 5.97 Å². The summed E-state index contributed by atoms with van der Waals surface area (Å²) in [5.74, 6) is -58.5. The number of allylic oxidation sites excluding steroid dienone is 1. The molecule has 0 aliphatic carbocycles. The average molecular weight is 532 g/mol. The number of hydrogen-bond donors (Lipinski definition) is 1. The van der Waals surface area contributed by atoms with Gasteiger partial charge in [0.05, 0.1) is 0 Å². The van der Waals surface area contributed by atoms with E-state index in [2.05, 4.69) is 0 Å². The average Bonchev–Trinajstić information content (AvgIpc) is 2.59. The van der Waals surface area contributed by atoms with Gasteiger partial charge in [-0.3, -0.25) is 0 Å². The van der Waals surface area contributed by atoms with Crippen molar-refractivity contribution in [3.8, 4) is 0 Å². The largest absolute Gasteiger partial charge is 0.478 e. The molecule has 0 saturated carbocycles. The third kappa shape index (κ3) is 4.54. The minimum Gasteiger partial charge on any atom is -0.478 e. The Kier molecular flexibility index (Phi) is 7.85. The summed E-state index contributed by atoms with van der Waals surface area (Å²) in [4.78, 5) is 10.4. The highest BCUT2D eigenvalue weighted by Gasteiger charge is 2.95. The predicted molar refractivity (Wildman–Crippen MR) is 71.3 cm³/mol. The van der Waals surface area contributed by atoms with Crippen molar-refractivity contribution in [2.75, 3.05) is 0 Å². The maximum absolute atomic E-state index is 13.5. The van der Waals surface area contributed by atoms with Crippen LogP contribution in [0, 0.1) is 0 Å². The first-order valence-corrected chi connectivity index (χ1v) is 7.69. The van der Waals surface area contributed by atoms with Gasteiger partial charge in [0, 0.05) is 12.0 Å². The van der Waals surface area contributed by atoms with E-state index in [4.69, 9.17) is 5.11 Å². The molecule has 0 atom stereocenters. The molecule has 0 heterocycles. The van der Waals surface area contributed by atoms with Crippen LogP contribution in [0.25, 0.3) is 0 Å². The molecule has 0 bridgehead atoms. The Morgan fingerprint density at radius 2 is 0.909 bits per heavy atom. The summed E-state index contributed by atoms with van der Waals surface area (Å²) in [5.41, 5.74) is -0.883. The van der Waals surface area contributed by atoms with Crippen LogP contribution in [0.5, 0.6) is 0 Å². The Morgan fingerprint density at radius 3 is 1.21 bits per heavy atom. The van der Waals surface area contributed by atoms with E-state index in [1.807, 2.05) is 0 Å². The molecule has 0 aliphatic rings. The summed E-state index contributed by atoms with van der Waals surface area (Å²) >= 11 is 0. The minimum atomic E-state index is -8.66. The van der Waals surface area contributed by atoms with Gasteiger partial charge >= 0.3 is 53.6 Å². The molecule has 0 rings (SSSR count). The normalized spacial score (nSPS) is 16.2. The second-order valence-electron chi connectivity index (χ2n) is 6.38. The second kappa shape index (κ2) is 8.35. The van der Waals surface area contributed by atoms with E-state index in [9.17, 15) is 79.4 Å². The molecule has 0 aromatic carbocycles. The Hall–Kier alpha value is -1.98. The summed E-state index contributed by atoms with van der Waals surface area (Å²) in [6.45, 7) is 0.644. The highest BCUT2D eigenvalue weighted by Crippen LogP contribution is 2.64. The highest BCUT2D eigenvalue weighted by atomic mass is 19.4. The molecule has 1 N–H and O–H groups in total. The van der Waals surface area contributed by atoms with Gasteiger partial charge in [-0.05, 0) is 13.3 Å². The van der Waals surface area contributed by atoms with Crippen LogP contribution in [0.4, 0.5) is 74.6 Å². The molecule has 2 nitrogen and oxygen atoms in total. The van der Waals surface area contributed by atoms with Crippen molar-refractivity contribution < 1.29 is 84.5 Å². The zero-order valence-corrected chi connectivity index (χ0v) is 15.3. The number of hydrogen-bond acceptors (Lipinski definition) is 1. The number of carbonyl (C=O) groups is 1. The summed E-state index contributed by atoms with van der Waals surface area (Å²) in [7, 11) is 0. The van der Waals surface area contributed by atoms with E-state index in [1.165, 1.54) is 0 Å². The van der Waals surface area contributed by atoms with Crippen LogP contribution in [0.2, 0.25) is 0 Å². The minimum absolute atomic E-state index is 0.148. The van der Waals surface area contributed by atoms with Gasteiger partial charge in [-0.25, -0.2) is 4.79 Å². The lowest BCUT2D eigenvalue weighted by atomic mass is 9.88.